The van der Waals surface area contributed by atoms with E-state index in [1.54, 1.807) is 6.92 Å². The average molecular weight is 176 g/mol. The van der Waals surface area contributed by atoms with Crippen LogP contribution in [0.2, 0.25) is 0 Å². The summed E-state index contributed by atoms with van der Waals surface area (Å²) >= 11 is 0. The Kier molecular flexibility index (Phi) is 11.5. The molecule has 4 nitrogen and oxygen atoms in total. The van der Waals surface area contributed by atoms with E-state index >= 15 is 0 Å². The maximum absolute atomic E-state index is 10.1. The van der Waals surface area contributed by atoms with Crippen molar-refractivity contribution in [2.45, 2.75) is 33.1 Å². The normalized spacial score (nSPS) is 8.25. The van der Waals surface area contributed by atoms with Gasteiger partial charge in [0.05, 0.1) is 0 Å². The minimum atomic E-state index is -0.745. The lowest BCUT2D eigenvalue weighted by Crippen LogP contribution is -1.91. The van der Waals surface area contributed by atoms with Gasteiger partial charge in [-0.1, -0.05) is 6.92 Å². The van der Waals surface area contributed by atoms with E-state index in [1.165, 1.54) is 6.92 Å². The number of ketones is 1. The van der Waals surface area contributed by atoms with Crippen molar-refractivity contribution in [2.75, 3.05) is 6.61 Å². The third-order valence-corrected chi connectivity index (χ3v) is 0.989. The molecule has 0 aliphatic rings. The first kappa shape index (κ1) is 13.7. The molecule has 0 bridgehead atoms. The maximum atomic E-state index is 10.1. The Balaban J connectivity index is 0. The first-order valence-corrected chi connectivity index (χ1v) is 3.86. The van der Waals surface area contributed by atoms with E-state index < -0.39 is 5.97 Å². The van der Waals surface area contributed by atoms with Crippen molar-refractivity contribution in [3.8, 4) is 0 Å². The summed E-state index contributed by atoms with van der Waals surface area (Å²) in [7, 11) is 0. The molecule has 0 aliphatic carbocycles. The number of aliphatic carboxylic acids is 1. The highest BCUT2D eigenvalue weighted by atomic mass is 16.4. The molecule has 0 saturated heterocycles. The first-order chi connectivity index (χ1) is 5.54. The number of hydrogen-bond acceptors (Lipinski definition) is 3. The molecule has 72 valence electrons. The minimum Gasteiger partial charge on any atom is -0.481 e. The van der Waals surface area contributed by atoms with Gasteiger partial charge in [0.25, 0.3) is 0 Å². The number of aliphatic hydroxyl groups excluding tert-OH is 1. The summed E-state index contributed by atoms with van der Waals surface area (Å²) in [5, 5.41) is 15.9. The fraction of sp³-hybridized carbons (Fsp3) is 0.750. The lowest BCUT2D eigenvalue weighted by atomic mass is 10.2. The number of carbonyl (C=O) groups is 2. The monoisotopic (exact) mass is 176 g/mol. The first-order valence-electron chi connectivity index (χ1n) is 3.86. The molecule has 4 heteroatoms. The van der Waals surface area contributed by atoms with Crippen molar-refractivity contribution in [3.63, 3.8) is 0 Å². The number of Topliss-reactive ketones (excluding diaryl/α,β-unsaturated/α-hetero) is 1. The van der Waals surface area contributed by atoms with Crippen LogP contribution in [0, 0.1) is 0 Å². The molecule has 0 radical (unpaired) electrons. The highest BCUT2D eigenvalue weighted by molar-refractivity contribution is 5.75. The van der Waals surface area contributed by atoms with E-state index in [9.17, 15) is 9.59 Å². The molecule has 0 saturated carbocycles. The van der Waals surface area contributed by atoms with Gasteiger partial charge in [0.15, 0.2) is 0 Å². The molecule has 0 aromatic carbocycles. The smallest absolute Gasteiger partial charge is 0.303 e. The van der Waals surface area contributed by atoms with Crippen LogP contribution < -0.4 is 0 Å². The van der Waals surface area contributed by atoms with Gasteiger partial charge in [0.1, 0.15) is 5.78 Å². The predicted molar refractivity (Wildman–Crippen MR) is 44.9 cm³/mol. The summed E-state index contributed by atoms with van der Waals surface area (Å²) < 4.78 is 0. The van der Waals surface area contributed by atoms with Crippen molar-refractivity contribution in [3.05, 3.63) is 0 Å². The Labute approximate surface area is 72.2 Å². The Morgan fingerprint density at radius 2 is 1.75 bits per heavy atom. The Morgan fingerprint density at radius 3 is 1.83 bits per heavy atom. The van der Waals surface area contributed by atoms with Crippen molar-refractivity contribution < 1.29 is 19.8 Å². The largest absolute Gasteiger partial charge is 0.481 e. The van der Waals surface area contributed by atoms with Crippen LogP contribution in [-0.2, 0) is 9.59 Å². The van der Waals surface area contributed by atoms with Crippen molar-refractivity contribution in [1.29, 1.82) is 0 Å². The molecule has 0 heterocycles. The van der Waals surface area contributed by atoms with Gasteiger partial charge in [-0.3, -0.25) is 4.79 Å². The van der Waals surface area contributed by atoms with Crippen LogP contribution in [0.1, 0.15) is 33.1 Å². The van der Waals surface area contributed by atoms with Crippen LogP contribution in [0.5, 0.6) is 0 Å². The zero-order chi connectivity index (χ0) is 9.98. The SMILES string of the molecule is CC(=O)CCCO.CCC(=O)O. The molecule has 0 unspecified atom stereocenters. The fourth-order valence-electron chi connectivity index (χ4n) is 0.328. The van der Waals surface area contributed by atoms with E-state index in [4.69, 9.17) is 10.2 Å². The van der Waals surface area contributed by atoms with Gasteiger partial charge in [-0.05, 0) is 13.3 Å². The number of hydrogen-bond donors (Lipinski definition) is 2. The van der Waals surface area contributed by atoms with Crippen molar-refractivity contribution >= 4 is 11.8 Å². The van der Waals surface area contributed by atoms with Gasteiger partial charge in [-0.15, -0.1) is 0 Å². The number of carboxylic acid groups (broad SMARTS) is 1. The Bertz CT molecular complexity index is 131. The van der Waals surface area contributed by atoms with Crippen LogP contribution in [0.4, 0.5) is 0 Å². The third-order valence-electron chi connectivity index (χ3n) is 0.989. The second-order valence-electron chi connectivity index (χ2n) is 2.28. The van der Waals surface area contributed by atoms with Gasteiger partial charge in [-0.25, -0.2) is 0 Å². The molecule has 0 fully saturated rings. The molecule has 0 spiro atoms. The summed E-state index contributed by atoms with van der Waals surface area (Å²) in [5.74, 6) is -0.598. The van der Waals surface area contributed by atoms with E-state index in [-0.39, 0.29) is 18.8 Å². The minimum absolute atomic E-state index is 0.125. The maximum Gasteiger partial charge on any atom is 0.303 e. The van der Waals surface area contributed by atoms with Crippen LogP contribution in [0.15, 0.2) is 0 Å². The predicted octanol–water partition coefficient (Wildman–Crippen LogP) is 0.829. The Hall–Kier alpha value is -0.900. The average Bonchev–Trinajstić information content (AvgIpc) is 2.02. The van der Waals surface area contributed by atoms with E-state index in [0.717, 1.165) is 0 Å². The summed E-state index contributed by atoms with van der Waals surface area (Å²) in [5.41, 5.74) is 0. The van der Waals surface area contributed by atoms with Gasteiger partial charge in [0, 0.05) is 19.4 Å². The standard InChI is InChI=1S/C5H10O2.C3H6O2/c1-5(7)3-2-4-6;1-2-3(4)5/h6H,2-4H2,1H3;2H2,1H3,(H,4,5). The second kappa shape index (κ2) is 10.1. The molecule has 0 aromatic heterocycles. The molecule has 0 aliphatic heterocycles. The summed E-state index contributed by atoms with van der Waals surface area (Å²) in [6.07, 6.45) is 1.34. The number of aliphatic hydroxyl groups is 1. The van der Waals surface area contributed by atoms with Crippen LogP contribution in [-0.4, -0.2) is 28.6 Å². The van der Waals surface area contributed by atoms with E-state index in [1.807, 2.05) is 0 Å². The number of rotatable bonds is 4. The van der Waals surface area contributed by atoms with E-state index in [0.29, 0.717) is 12.8 Å². The quantitative estimate of drug-likeness (QED) is 0.665. The van der Waals surface area contributed by atoms with Crippen LogP contribution >= 0.6 is 0 Å². The second-order valence-corrected chi connectivity index (χ2v) is 2.28. The zero-order valence-corrected chi connectivity index (χ0v) is 7.54. The molecular weight excluding hydrogens is 160 g/mol. The third kappa shape index (κ3) is 23.0. The molecular formula is C8H16O4. The molecule has 2 N–H and O–H groups in total. The highest BCUT2D eigenvalue weighted by Gasteiger charge is 1.88. The molecule has 0 amide bonds. The van der Waals surface area contributed by atoms with Gasteiger partial charge < -0.3 is 15.0 Å². The summed E-state index contributed by atoms with van der Waals surface area (Å²) in [6.45, 7) is 3.25. The topological polar surface area (TPSA) is 74.6 Å². The molecule has 0 aromatic rings. The van der Waals surface area contributed by atoms with Crippen molar-refractivity contribution in [2.24, 2.45) is 0 Å². The summed E-state index contributed by atoms with van der Waals surface area (Å²) in [4.78, 5) is 19.5. The van der Waals surface area contributed by atoms with Crippen LogP contribution in [0.25, 0.3) is 0 Å². The van der Waals surface area contributed by atoms with E-state index in [2.05, 4.69) is 0 Å². The van der Waals surface area contributed by atoms with Crippen LogP contribution in [0.3, 0.4) is 0 Å². The van der Waals surface area contributed by atoms with Gasteiger partial charge >= 0.3 is 5.97 Å². The lowest BCUT2D eigenvalue weighted by Gasteiger charge is -1.86. The lowest BCUT2D eigenvalue weighted by molar-refractivity contribution is -0.136. The van der Waals surface area contributed by atoms with Gasteiger partial charge in [-0.2, -0.15) is 0 Å². The molecule has 0 rings (SSSR count). The molecule has 0 atom stereocenters. The summed E-state index contributed by atoms with van der Waals surface area (Å²) in [6, 6.07) is 0. The number of carboxylic acids is 1. The molecule has 12 heavy (non-hydrogen) atoms. The Morgan fingerprint density at radius 1 is 1.33 bits per heavy atom. The fourth-order valence-corrected chi connectivity index (χ4v) is 0.328. The number of carbonyl (C=O) groups excluding carboxylic acids is 1. The highest BCUT2D eigenvalue weighted by Crippen LogP contribution is 1.85. The van der Waals surface area contributed by atoms with Gasteiger partial charge in [0.2, 0.25) is 0 Å². The zero-order valence-electron chi connectivity index (χ0n) is 7.54. The van der Waals surface area contributed by atoms with Crippen molar-refractivity contribution in [1.82, 2.24) is 0 Å².